The van der Waals surface area contributed by atoms with Gasteiger partial charge in [-0.3, -0.25) is 0 Å². The first kappa shape index (κ1) is 16.8. The van der Waals surface area contributed by atoms with Crippen molar-refractivity contribution >= 4 is 0 Å². The maximum Gasteiger partial charge on any atom is 0.456 e. The summed E-state index contributed by atoms with van der Waals surface area (Å²) in [6.07, 6.45) is -6.02. The van der Waals surface area contributed by atoms with Gasteiger partial charge >= 0.3 is 12.1 Å². The Hall–Kier alpha value is -1.24. The number of alkyl halides is 5. The molecular formula is C13H14F6O. The normalized spacial score (nSPS) is 16.9. The van der Waals surface area contributed by atoms with Crippen LogP contribution in [-0.4, -0.2) is 17.2 Å². The molecular weight excluding hydrogens is 286 g/mol. The van der Waals surface area contributed by atoms with E-state index in [1.807, 2.05) is 0 Å². The molecule has 0 heterocycles. The van der Waals surface area contributed by atoms with Crippen LogP contribution in [0, 0.1) is 11.2 Å². The summed E-state index contributed by atoms with van der Waals surface area (Å²) in [7, 11) is 0. The zero-order valence-electron chi connectivity index (χ0n) is 11.0. The van der Waals surface area contributed by atoms with Crippen molar-refractivity contribution in [3.8, 4) is 0 Å². The fourth-order valence-electron chi connectivity index (χ4n) is 2.00. The molecule has 0 saturated carbocycles. The molecule has 1 nitrogen and oxygen atoms in total. The SMILES string of the molecule is CC(C)(C)C(O)(c1ccccc1F)C(F)(F)C(F)(F)F. The molecule has 7 heteroatoms. The second-order valence-corrected chi connectivity index (χ2v) is 5.51. The van der Waals surface area contributed by atoms with E-state index in [1.165, 1.54) is 0 Å². The lowest BCUT2D eigenvalue weighted by atomic mass is 9.68. The van der Waals surface area contributed by atoms with Crippen LogP contribution in [0.5, 0.6) is 0 Å². The molecule has 0 fully saturated rings. The molecule has 114 valence electrons. The number of hydrogen-bond donors (Lipinski definition) is 1. The van der Waals surface area contributed by atoms with E-state index in [0.29, 0.717) is 0 Å². The topological polar surface area (TPSA) is 20.2 Å². The number of aliphatic hydroxyl groups is 1. The van der Waals surface area contributed by atoms with Crippen LogP contribution in [-0.2, 0) is 5.60 Å². The lowest BCUT2D eigenvalue weighted by Crippen LogP contribution is -2.61. The van der Waals surface area contributed by atoms with Crippen molar-refractivity contribution in [2.75, 3.05) is 0 Å². The van der Waals surface area contributed by atoms with Crippen LogP contribution in [0.15, 0.2) is 24.3 Å². The largest absolute Gasteiger partial charge is 0.456 e. The van der Waals surface area contributed by atoms with Gasteiger partial charge in [-0.2, -0.15) is 22.0 Å². The van der Waals surface area contributed by atoms with Crippen molar-refractivity contribution in [2.24, 2.45) is 5.41 Å². The third-order valence-corrected chi connectivity index (χ3v) is 3.16. The molecule has 0 saturated heterocycles. The van der Waals surface area contributed by atoms with Crippen molar-refractivity contribution in [3.63, 3.8) is 0 Å². The Morgan fingerprint density at radius 3 is 1.70 bits per heavy atom. The molecule has 0 aromatic heterocycles. The second-order valence-electron chi connectivity index (χ2n) is 5.51. The summed E-state index contributed by atoms with van der Waals surface area (Å²) < 4.78 is 79.2. The highest BCUT2D eigenvalue weighted by Gasteiger charge is 2.74. The first-order valence-electron chi connectivity index (χ1n) is 5.68. The van der Waals surface area contributed by atoms with Crippen LogP contribution in [0.3, 0.4) is 0 Å². The van der Waals surface area contributed by atoms with E-state index in [0.717, 1.165) is 45.0 Å². The third kappa shape index (κ3) is 2.28. The quantitative estimate of drug-likeness (QED) is 0.809. The van der Waals surface area contributed by atoms with Gasteiger partial charge in [-0.15, -0.1) is 0 Å². The van der Waals surface area contributed by atoms with Gasteiger partial charge in [0.1, 0.15) is 5.82 Å². The van der Waals surface area contributed by atoms with Crippen LogP contribution < -0.4 is 0 Å². The zero-order chi connectivity index (χ0) is 16.0. The molecule has 1 aromatic carbocycles. The van der Waals surface area contributed by atoms with Crippen LogP contribution in [0.1, 0.15) is 26.3 Å². The smallest absolute Gasteiger partial charge is 0.378 e. The molecule has 1 aromatic rings. The van der Waals surface area contributed by atoms with Gasteiger partial charge < -0.3 is 5.11 Å². The van der Waals surface area contributed by atoms with Crippen LogP contribution in [0.2, 0.25) is 0 Å². The summed E-state index contributed by atoms with van der Waals surface area (Å²) in [6, 6.07) is 3.66. The van der Waals surface area contributed by atoms with Gasteiger partial charge in [0.15, 0.2) is 5.60 Å². The Labute approximate surface area is 112 Å². The van der Waals surface area contributed by atoms with Gasteiger partial charge in [-0.1, -0.05) is 39.0 Å². The highest BCUT2D eigenvalue weighted by atomic mass is 19.4. The predicted octanol–water partition coefficient (Wildman–Crippen LogP) is 4.26. The fraction of sp³-hybridized carbons (Fsp3) is 0.538. The summed E-state index contributed by atoms with van der Waals surface area (Å²) in [4.78, 5) is 0. The predicted molar refractivity (Wildman–Crippen MR) is 60.8 cm³/mol. The van der Waals surface area contributed by atoms with Gasteiger partial charge in [0, 0.05) is 11.0 Å². The average molecular weight is 300 g/mol. The van der Waals surface area contributed by atoms with Crippen molar-refractivity contribution in [1.82, 2.24) is 0 Å². The monoisotopic (exact) mass is 300 g/mol. The molecule has 0 aliphatic heterocycles. The molecule has 0 aliphatic rings. The maximum absolute atomic E-state index is 13.8. The van der Waals surface area contributed by atoms with E-state index >= 15 is 0 Å². The molecule has 0 bridgehead atoms. The molecule has 0 aliphatic carbocycles. The van der Waals surface area contributed by atoms with E-state index in [2.05, 4.69) is 0 Å². The molecule has 0 amide bonds. The molecule has 1 rings (SSSR count). The molecule has 1 unspecified atom stereocenters. The molecule has 1 N–H and O–H groups in total. The first-order chi connectivity index (χ1) is 8.77. The van der Waals surface area contributed by atoms with Gasteiger partial charge in [0.25, 0.3) is 0 Å². The standard InChI is InChI=1S/C13H14F6O/c1-10(2,3)11(20,12(15,16)13(17,18)19)8-6-4-5-7-9(8)14/h4-7,20H,1-3H3. The molecule has 20 heavy (non-hydrogen) atoms. The van der Waals surface area contributed by atoms with Crippen molar-refractivity contribution in [1.29, 1.82) is 0 Å². The summed E-state index contributed by atoms with van der Waals surface area (Å²) in [5.74, 6) is -6.84. The van der Waals surface area contributed by atoms with E-state index in [-0.39, 0.29) is 0 Å². The highest BCUT2D eigenvalue weighted by Crippen LogP contribution is 2.56. The van der Waals surface area contributed by atoms with Crippen LogP contribution in [0.25, 0.3) is 0 Å². The summed E-state index contributed by atoms with van der Waals surface area (Å²) in [5.41, 5.74) is -6.78. The Morgan fingerprint density at radius 1 is 0.900 bits per heavy atom. The Balaban J connectivity index is 3.69. The third-order valence-electron chi connectivity index (χ3n) is 3.16. The summed E-state index contributed by atoms with van der Waals surface area (Å²) in [5, 5.41) is 10.2. The van der Waals surface area contributed by atoms with E-state index in [9.17, 15) is 31.4 Å². The Bertz CT molecular complexity index is 488. The number of halogens is 6. The average Bonchev–Trinajstić information content (AvgIpc) is 2.25. The minimum Gasteiger partial charge on any atom is -0.378 e. The first-order valence-corrected chi connectivity index (χ1v) is 5.68. The van der Waals surface area contributed by atoms with E-state index in [1.54, 1.807) is 0 Å². The van der Waals surface area contributed by atoms with Gasteiger partial charge in [-0.05, 0) is 6.07 Å². The molecule has 0 radical (unpaired) electrons. The van der Waals surface area contributed by atoms with Gasteiger partial charge in [-0.25, -0.2) is 4.39 Å². The minimum absolute atomic E-state index is 0.721. The lowest BCUT2D eigenvalue weighted by molar-refractivity contribution is -0.366. The molecule has 0 spiro atoms. The maximum atomic E-state index is 13.8. The van der Waals surface area contributed by atoms with E-state index < -0.39 is 34.5 Å². The molecule has 1 atom stereocenters. The Morgan fingerprint density at radius 2 is 1.35 bits per heavy atom. The lowest BCUT2D eigenvalue weighted by Gasteiger charge is -2.45. The minimum atomic E-state index is -6.02. The van der Waals surface area contributed by atoms with Crippen molar-refractivity contribution < 1.29 is 31.4 Å². The number of benzene rings is 1. The summed E-state index contributed by atoms with van der Waals surface area (Å²) >= 11 is 0. The van der Waals surface area contributed by atoms with Crippen LogP contribution >= 0.6 is 0 Å². The fourth-order valence-corrected chi connectivity index (χ4v) is 2.00. The Kier molecular flexibility index (Phi) is 3.91. The number of rotatable bonds is 2. The van der Waals surface area contributed by atoms with Gasteiger partial charge in [0.2, 0.25) is 0 Å². The van der Waals surface area contributed by atoms with Gasteiger partial charge in [0.05, 0.1) is 0 Å². The second kappa shape index (κ2) is 4.65. The van der Waals surface area contributed by atoms with E-state index in [4.69, 9.17) is 0 Å². The van der Waals surface area contributed by atoms with Crippen molar-refractivity contribution in [2.45, 2.75) is 38.5 Å². The van der Waals surface area contributed by atoms with Crippen LogP contribution in [0.4, 0.5) is 26.3 Å². The summed E-state index contributed by atoms with van der Waals surface area (Å²) in [6.45, 7) is 2.96. The van der Waals surface area contributed by atoms with Crippen molar-refractivity contribution in [3.05, 3.63) is 35.6 Å². The number of hydrogen-bond acceptors (Lipinski definition) is 1. The zero-order valence-corrected chi connectivity index (χ0v) is 11.0. The highest BCUT2D eigenvalue weighted by molar-refractivity contribution is 5.30.